The lowest BCUT2D eigenvalue weighted by atomic mass is 9.95. The van der Waals surface area contributed by atoms with Crippen LogP contribution in [0.15, 0.2) is 95.2 Å². The van der Waals surface area contributed by atoms with E-state index in [2.05, 4.69) is 38.5 Å². The number of hydrogen-bond acceptors (Lipinski definition) is 12. The van der Waals surface area contributed by atoms with E-state index in [1.165, 1.54) is 4.90 Å². The normalized spacial score (nSPS) is 17.2. The van der Waals surface area contributed by atoms with Crippen molar-refractivity contribution in [3.8, 4) is 33.1 Å². The van der Waals surface area contributed by atoms with Gasteiger partial charge in [0.2, 0.25) is 11.8 Å². The molecule has 0 radical (unpaired) electrons. The van der Waals surface area contributed by atoms with Gasteiger partial charge in [0.05, 0.1) is 41.4 Å². The number of aliphatic hydroxyl groups is 1. The topological polar surface area (TPSA) is 196 Å². The summed E-state index contributed by atoms with van der Waals surface area (Å²) in [5, 5.41) is 16.9. The first kappa shape index (κ1) is 56.4. The summed E-state index contributed by atoms with van der Waals surface area (Å²) >= 11 is 1.58. The van der Waals surface area contributed by atoms with Crippen molar-refractivity contribution in [2.45, 2.75) is 124 Å². The number of nitrogens with zero attached hydrogens (tertiary/aromatic N) is 4. The van der Waals surface area contributed by atoms with Gasteiger partial charge in [0.15, 0.2) is 0 Å². The number of benzene rings is 4. The molecule has 9 rings (SSSR count). The maximum atomic E-state index is 14.5. The lowest BCUT2D eigenvalue weighted by Crippen LogP contribution is -2.55. The number of hydrogen-bond donors (Lipinski definition) is 4. The zero-order chi connectivity index (χ0) is 56.1. The van der Waals surface area contributed by atoms with Crippen molar-refractivity contribution in [3.05, 3.63) is 151 Å². The van der Waals surface area contributed by atoms with E-state index in [4.69, 9.17) is 14.2 Å². The first-order valence-corrected chi connectivity index (χ1v) is 28.4. The number of H-pyrrole nitrogens is 1. The maximum absolute atomic E-state index is 14.5. The van der Waals surface area contributed by atoms with Gasteiger partial charge in [0.25, 0.3) is 17.4 Å². The van der Waals surface area contributed by atoms with E-state index in [9.17, 15) is 29.1 Å². The lowest BCUT2D eigenvalue weighted by molar-refractivity contribution is -0.143. The highest BCUT2D eigenvalue weighted by molar-refractivity contribution is 7.13. The predicted octanol–water partition coefficient (Wildman–Crippen LogP) is 9.00. The Morgan fingerprint density at radius 1 is 0.886 bits per heavy atom. The number of thiazole rings is 1. The number of amides is 4. The van der Waals surface area contributed by atoms with E-state index in [0.717, 1.165) is 80.3 Å². The monoisotopic (exact) mass is 1090 g/mol. The minimum Gasteiger partial charge on any atom is -0.493 e. The first-order valence-electron chi connectivity index (χ1n) is 27.5. The maximum Gasteiger partial charge on any atom is 0.255 e. The Morgan fingerprint density at radius 3 is 2.25 bits per heavy atom. The van der Waals surface area contributed by atoms with Crippen molar-refractivity contribution >= 4 is 40.7 Å². The second kappa shape index (κ2) is 24.8. The molecule has 0 saturated carbocycles. The summed E-state index contributed by atoms with van der Waals surface area (Å²) in [4.78, 5) is 83.1. The molecule has 0 bridgehead atoms. The van der Waals surface area contributed by atoms with E-state index in [0.29, 0.717) is 61.0 Å². The van der Waals surface area contributed by atoms with E-state index in [1.54, 1.807) is 22.3 Å². The molecule has 4 N–H and O–H groups in total. The van der Waals surface area contributed by atoms with Gasteiger partial charge in [-0.15, -0.1) is 11.3 Å². The number of likely N-dealkylation sites (tertiary alicyclic amines) is 1. The Balaban J connectivity index is 0.799. The van der Waals surface area contributed by atoms with Crippen LogP contribution in [0.5, 0.6) is 11.5 Å². The minimum absolute atomic E-state index is 0.00685. The molecule has 4 aromatic carbocycles. The van der Waals surface area contributed by atoms with Crippen LogP contribution < -0.4 is 30.6 Å². The number of carbonyl (C=O) groups excluding carboxylic acids is 4. The van der Waals surface area contributed by atoms with Crippen molar-refractivity contribution in [2.24, 2.45) is 5.92 Å². The number of ether oxygens (including phenoxy) is 3. The van der Waals surface area contributed by atoms with Gasteiger partial charge in [-0.05, 0) is 142 Å². The van der Waals surface area contributed by atoms with Crippen LogP contribution in [0.3, 0.4) is 0 Å². The summed E-state index contributed by atoms with van der Waals surface area (Å²) < 4.78 is 18.0. The Hall–Kier alpha value is -7.34. The van der Waals surface area contributed by atoms with Crippen LogP contribution in [-0.4, -0.2) is 112 Å². The van der Waals surface area contributed by atoms with Crippen molar-refractivity contribution in [1.29, 1.82) is 0 Å². The highest BCUT2D eigenvalue weighted by atomic mass is 32.1. The van der Waals surface area contributed by atoms with Crippen LogP contribution in [0.25, 0.3) is 21.6 Å². The van der Waals surface area contributed by atoms with Crippen LogP contribution in [0.2, 0.25) is 0 Å². The van der Waals surface area contributed by atoms with Crippen molar-refractivity contribution in [1.82, 2.24) is 30.4 Å². The van der Waals surface area contributed by atoms with Gasteiger partial charge >= 0.3 is 0 Å². The van der Waals surface area contributed by atoms with Gasteiger partial charge in [0, 0.05) is 86.3 Å². The summed E-state index contributed by atoms with van der Waals surface area (Å²) in [6, 6.07) is 25.3. The Kier molecular flexibility index (Phi) is 17.7. The number of carbonyl (C=O) groups is 4. The SMILES string of the molecule is CCN(c1cc(-c2ccc(OCCCOc3ccc4c(c3)C(=O)N(C(C(=O)N3C[C@H](O)C[C@H]3C(=O)N[C@@H](C)c3ccc(-c5scnc5C)cc3)C(C)C)C4)cc2)cc(C(=O)NCc2c(C)cc(C)[nH]c2=O)c1C)C1CCOCC1. The van der Waals surface area contributed by atoms with Gasteiger partial charge in [-0.25, -0.2) is 4.98 Å². The molecular weight excluding hydrogens is 1020 g/mol. The Morgan fingerprint density at radius 2 is 1.58 bits per heavy atom. The van der Waals surface area contributed by atoms with Gasteiger partial charge < -0.3 is 49.6 Å². The number of pyridine rings is 1. The lowest BCUT2D eigenvalue weighted by Gasteiger charge is -2.37. The van der Waals surface area contributed by atoms with Crippen LogP contribution in [0.1, 0.15) is 119 Å². The summed E-state index contributed by atoms with van der Waals surface area (Å²) in [7, 11) is 0. The van der Waals surface area contributed by atoms with Gasteiger partial charge in [-0.3, -0.25) is 24.0 Å². The number of anilines is 1. The molecule has 0 aliphatic carbocycles. The fourth-order valence-corrected chi connectivity index (χ4v) is 12.1. The second-order valence-electron chi connectivity index (χ2n) is 21.5. The molecule has 2 aromatic heterocycles. The summed E-state index contributed by atoms with van der Waals surface area (Å²) in [6.07, 6.45) is 1.56. The number of rotatable bonds is 20. The van der Waals surface area contributed by atoms with Gasteiger partial charge in [0.1, 0.15) is 23.6 Å². The van der Waals surface area contributed by atoms with Crippen molar-refractivity contribution < 1.29 is 38.5 Å². The fraction of sp³-hybridized carbons (Fsp3) is 0.419. The van der Waals surface area contributed by atoms with Crippen LogP contribution in [0, 0.1) is 33.6 Å². The highest BCUT2D eigenvalue weighted by Crippen LogP contribution is 2.36. The third-order valence-electron chi connectivity index (χ3n) is 15.6. The molecule has 0 spiro atoms. The van der Waals surface area contributed by atoms with Gasteiger partial charge in [-0.2, -0.15) is 0 Å². The number of aromatic amines is 1. The molecule has 416 valence electrons. The third-order valence-corrected chi connectivity index (χ3v) is 16.6. The summed E-state index contributed by atoms with van der Waals surface area (Å²) in [5.74, 6) is -0.357. The molecule has 17 heteroatoms. The van der Waals surface area contributed by atoms with E-state index < -0.39 is 18.2 Å². The quantitative estimate of drug-likeness (QED) is 0.0533. The standard InChI is InChI=1S/C62H73N7O9S/c1-9-67(47-21-25-76-26-22-47)54-29-46(28-51(39(54)6)58(71)63-32-53-37(4)27-38(5)65-59(53)72)43-15-18-49(19-16-43)77-23-10-24-78-50-20-17-45-33-69(61(74)52(45)31-50)56(36(2)3)62(75)68-34-48(70)30-55(68)60(73)66-40(7)42-11-13-44(14-12-42)57-41(8)64-35-79-57/h11-20,27-29,31,35-36,40,47-48,55-56,70H,9-10,21-26,30,32-34H2,1-8H3,(H,63,71)(H,65,72)(H,66,73)/t40-,48+,55-,56?/m0/s1. The molecule has 16 nitrogen and oxygen atoms in total. The third kappa shape index (κ3) is 12.6. The Bertz CT molecular complexity index is 3240. The van der Waals surface area contributed by atoms with Gasteiger partial charge in [-0.1, -0.05) is 56.3 Å². The molecule has 1 unspecified atom stereocenters. The van der Waals surface area contributed by atoms with E-state index in [-0.39, 0.29) is 73.2 Å². The molecule has 2 saturated heterocycles. The number of aryl methyl sites for hydroxylation is 3. The molecule has 5 heterocycles. The molecule has 3 aliphatic heterocycles. The van der Waals surface area contributed by atoms with Crippen LogP contribution in [-0.2, 0) is 27.4 Å². The Labute approximate surface area is 466 Å². The number of aromatic nitrogens is 2. The smallest absolute Gasteiger partial charge is 0.255 e. The molecule has 4 amide bonds. The molecule has 2 fully saturated rings. The average Bonchev–Trinajstić information content (AvgIpc) is 4.19. The van der Waals surface area contributed by atoms with Crippen molar-refractivity contribution in [3.63, 3.8) is 0 Å². The molecule has 6 aromatic rings. The highest BCUT2D eigenvalue weighted by Gasteiger charge is 2.46. The molecule has 79 heavy (non-hydrogen) atoms. The van der Waals surface area contributed by atoms with Crippen LogP contribution in [0.4, 0.5) is 5.69 Å². The predicted molar refractivity (Wildman–Crippen MR) is 307 cm³/mol. The number of aliphatic hydroxyl groups excluding tert-OH is 1. The van der Waals surface area contributed by atoms with E-state index >= 15 is 0 Å². The average molecular weight is 1090 g/mol. The molecule has 3 aliphatic rings. The number of β-amino-alcohol motifs (C(OH)–C–C–N with tert-alkyl or cyclic N) is 1. The first-order chi connectivity index (χ1) is 38.0. The number of nitrogens with one attached hydrogen (secondary N) is 3. The van der Waals surface area contributed by atoms with E-state index in [1.807, 2.05) is 127 Å². The summed E-state index contributed by atoms with van der Waals surface area (Å²) in [6.45, 7) is 18.6. The van der Waals surface area contributed by atoms with Crippen LogP contribution >= 0.6 is 11.3 Å². The minimum atomic E-state index is -0.897. The second-order valence-corrected chi connectivity index (χ2v) is 22.3. The zero-order valence-corrected chi connectivity index (χ0v) is 47.3. The van der Waals surface area contributed by atoms with Crippen molar-refractivity contribution in [2.75, 3.05) is 44.4 Å². The fourth-order valence-electron chi connectivity index (χ4n) is 11.3. The molecule has 4 atom stereocenters. The summed E-state index contributed by atoms with van der Waals surface area (Å²) in [5.41, 5.74) is 12.1. The number of fused-ring (bicyclic) bond motifs is 1. The zero-order valence-electron chi connectivity index (χ0n) is 46.5. The largest absolute Gasteiger partial charge is 0.493 e. The molecular formula is C62H73N7O9S.